The van der Waals surface area contributed by atoms with Crippen LogP contribution in [0.4, 0.5) is 0 Å². The van der Waals surface area contributed by atoms with Crippen molar-refractivity contribution in [2.24, 2.45) is 4.99 Å². The van der Waals surface area contributed by atoms with Gasteiger partial charge in [-0.25, -0.2) is 4.99 Å². The molecule has 0 atom stereocenters. The molecule has 1 aliphatic rings. The number of phenolic OH excluding ortho intramolecular Hbond substituents is 2. The highest BCUT2D eigenvalue weighted by Crippen LogP contribution is 2.36. The van der Waals surface area contributed by atoms with Crippen LogP contribution in [0.3, 0.4) is 0 Å². The van der Waals surface area contributed by atoms with Crippen LogP contribution in [0.5, 0.6) is 11.5 Å². The zero-order valence-electron chi connectivity index (χ0n) is 17.4. The lowest BCUT2D eigenvalue weighted by Gasteiger charge is -2.10. The van der Waals surface area contributed by atoms with Crippen LogP contribution in [0.2, 0.25) is 0 Å². The van der Waals surface area contributed by atoms with Crippen LogP contribution in [0, 0.1) is 0 Å². The molecule has 0 unspecified atom stereocenters. The van der Waals surface area contributed by atoms with Crippen LogP contribution in [-0.4, -0.2) is 60.2 Å². The van der Waals surface area contributed by atoms with Crippen molar-refractivity contribution >= 4 is 22.4 Å². The molecule has 1 aliphatic heterocycles. The summed E-state index contributed by atoms with van der Waals surface area (Å²) in [6.07, 6.45) is 3.23. The van der Waals surface area contributed by atoms with Gasteiger partial charge in [0.25, 0.3) is 5.91 Å². The smallest absolute Gasteiger partial charge is 0.274 e. The largest absolute Gasteiger partial charge is 0.507 e. The lowest BCUT2D eigenvalue weighted by Crippen LogP contribution is -2.24. The van der Waals surface area contributed by atoms with Gasteiger partial charge in [0.15, 0.2) is 0 Å². The van der Waals surface area contributed by atoms with Crippen LogP contribution in [0.15, 0.2) is 35.5 Å². The second-order valence-electron chi connectivity index (χ2n) is 7.89. The quantitative estimate of drug-likeness (QED) is 0.473. The second-order valence-corrected chi connectivity index (χ2v) is 7.89. The number of carbonyl (C=O) groups is 1. The van der Waals surface area contributed by atoms with Crippen molar-refractivity contribution in [3.8, 4) is 22.6 Å². The average Bonchev–Trinajstić information content (AvgIpc) is 3.26. The van der Waals surface area contributed by atoms with Crippen molar-refractivity contribution in [1.29, 1.82) is 0 Å². The van der Waals surface area contributed by atoms with Gasteiger partial charge in [0.2, 0.25) is 0 Å². The fourth-order valence-electron chi connectivity index (χ4n) is 4.01. The summed E-state index contributed by atoms with van der Waals surface area (Å²) in [6, 6.07) is 6.97. The number of nitrogens with zero attached hydrogens (tertiary/aromatic N) is 2. The summed E-state index contributed by atoms with van der Waals surface area (Å²) in [7, 11) is 5.85. The van der Waals surface area contributed by atoms with E-state index in [1.807, 2.05) is 39.5 Å². The minimum Gasteiger partial charge on any atom is -0.507 e. The lowest BCUT2D eigenvalue weighted by atomic mass is 9.98. The Morgan fingerprint density at radius 3 is 2.67 bits per heavy atom. The molecular formula is C23H26N4O3. The number of fused-ring (bicyclic) bond motifs is 2. The summed E-state index contributed by atoms with van der Waals surface area (Å²) in [5.41, 5.74) is 3.94. The van der Waals surface area contributed by atoms with E-state index in [9.17, 15) is 15.0 Å². The van der Waals surface area contributed by atoms with Gasteiger partial charge in [-0.1, -0.05) is 0 Å². The van der Waals surface area contributed by atoms with E-state index in [-0.39, 0.29) is 17.4 Å². The van der Waals surface area contributed by atoms with E-state index in [4.69, 9.17) is 0 Å². The fourth-order valence-corrected chi connectivity index (χ4v) is 4.01. The normalized spacial score (nSPS) is 13.3. The van der Waals surface area contributed by atoms with Crippen LogP contribution >= 0.6 is 0 Å². The Kier molecular flexibility index (Phi) is 5.32. The predicted octanol–water partition coefficient (Wildman–Crippen LogP) is 1.27. The molecule has 1 amide bonds. The molecule has 1 aromatic heterocycles. The lowest BCUT2D eigenvalue weighted by molar-refractivity contribution is -0.112. The van der Waals surface area contributed by atoms with Gasteiger partial charge in [-0.15, -0.1) is 0 Å². The minimum atomic E-state index is -0.297. The first-order valence-corrected chi connectivity index (χ1v) is 10.0. The maximum absolute atomic E-state index is 12.3. The molecule has 30 heavy (non-hydrogen) atoms. The van der Waals surface area contributed by atoms with E-state index in [0.717, 1.165) is 40.6 Å². The molecule has 0 spiro atoms. The summed E-state index contributed by atoms with van der Waals surface area (Å²) < 4.78 is 0. The molecule has 0 aliphatic carbocycles. The van der Waals surface area contributed by atoms with Gasteiger partial charge in [0.05, 0.1) is 16.1 Å². The molecule has 2 heterocycles. The maximum atomic E-state index is 12.3. The third kappa shape index (κ3) is 3.46. The van der Waals surface area contributed by atoms with Crippen LogP contribution in [-0.2, 0) is 11.2 Å². The van der Waals surface area contributed by atoms with E-state index in [0.29, 0.717) is 29.1 Å². The first-order chi connectivity index (χ1) is 14.4. The Labute approximate surface area is 174 Å². The highest BCUT2D eigenvalue weighted by Gasteiger charge is 2.20. The molecule has 3 aromatic rings. The zero-order chi connectivity index (χ0) is 21.4. The van der Waals surface area contributed by atoms with E-state index in [1.165, 1.54) is 0 Å². The van der Waals surface area contributed by atoms with Crippen molar-refractivity contribution in [1.82, 2.24) is 15.2 Å². The molecule has 0 radical (unpaired) electrons. The van der Waals surface area contributed by atoms with Crippen molar-refractivity contribution in [3.05, 3.63) is 46.6 Å². The molecule has 7 nitrogen and oxygen atoms in total. The van der Waals surface area contributed by atoms with Gasteiger partial charge in [0, 0.05) is 29.3 Å². The molecule has 4 N–H and O–H groups in total. The summed E-state index contributed by atoms with van der Waals surface area (Å²) >= 11 is 0. The monoisotopic (exact) mass is 406 g/mol. The van der Waals surface area contributed by atoms with E-state index < -0.39 is 0 Å². The Balaban J connectivity index is 1.85. The molecule has 0 bridgehead atoms. The number of hydrogen-bond acceptors (Lipinski definition) is 5. The number of hydrogen-bond donors (Lipinski definition) is 4. The number of rotatable bonds is 7. The third-order valence-electron chi connectivity index (χ3n) is 5.54. The number of aromatic hydroxyl groups is 2. The van der Waals surface area contributed by atoms with Crippen LogP contribution < -0.4 is 15.9 Å². The highest BCUT2D eigenvalue weighted by atomic mass is 16.3. The van der Waals surface area contributed by atoms with Gasteiger partial charge < -0.3 is 25.4 Å². The Bertz CT molecular complexity index is 1260. The van der Waals surface area contributed by atoms with Gasteiger partial charge in [-0.3, -0.25) is 4.79 Å². The summed E-state index contributed by atoms with van der Waals surface area (Å²) in [5.74, 6) is -0.0325. The zero-order valence-corrected chi connectivity index (χ0v) is 17.4. The molecule has 156 valence electrons. The molecule has 0 saturated carbocycles. The van der Waals surface area contributed by atoms with Crippen LogP contribution in [0.25, 0.3) is 27.6 Å². The number of aromatic amines is 1. The number of benzene rings is 2. The number of amides is 1. The van der Waals surface area contributed by atoms with E-state index in [1.54, 1.807) is 12.1 Å². The molecule has 0 saturated heterocycles. The molecule has 2 aromatic carbocycles. The predicted molar refractivity (Wildman–Crippen MR) is 117 cm³/mol. The minimum absolute atomic E-state index is 0.0452. The molecular weight excluding hydrogens is 380 g/mol. The van der Waals surface area contributed by atoms with Gasteiger partial charge in [-0.2, -0.15) is 0 Å². The number of likely N-dealkylation sites (N-methyl/N-ethyl adjacent to an activating group) is 1. The first-order valence-electron chi connectivity index (χ1n) is 10.0. The third-order valence-corrected chi connectivity index (χ3v) is 5.54. The first kappa shape index (κ1) is 20.1. The van der Waals surface area contributed by atoms with E-state index >= 15 is 0 Å². The van der Waals surface area contributed by atoms with Gasteiger partial charge >= 0.3 is 0 Å². The van der Waals surface area contributed by atoms with E-state index in [2.05, 4.69) is 20.2 Å². The van der Waals surface area contributed by atoms with Gasteiger partial charge in [-0.05, 0) is 75.9 Å². The number of H-pyrrole nitrogens is 1. The number of aromatic nitrogens is 1. The number of carbonyl (C=O) groups excluding carboxylic acids is 1. The number of nitrogens with one attached hydrogen (secondary N) is 2. The summed E-state index contributed by atoms with van der Waals surface area (Å²) in [6.45, 7) is 1.50. The van der Waals surface area contributed by atoms with Crippen molar-refractivity contribution in [2.45, 2.75) is 12.8 Å². The summed E-state index contributed by atoms with van der Waals surface area (Å²) in [5, 5.41) is 26.0. The molecule has 0 fully saturated rings. The average molecular weight is 406 g/mol. The van der Waals surface area contributed by atoms with Crippen molar-refractivity contribution < 1.29 is 15.0 Å². The molecule has 7 heteroatoms. The van der Waals surface area contributed by atoms with Crippen molar-refractivity contribution in [3.63, 3.8) is 0 Å². The molecule has 4 rings (SSSR count). The fraction of sp³-hybridized carbons (Fsp3) is 0.304. The Morgan fingerprint density at radius 1 is 1.13 bits per heavy atom. The van der Waals surface area contributed by atoms with Gasteiger partial charge in [0.1, 0.15) is 11.5 Å². The number of phenols is 2. The SMILES string of the molecule is CNCCC1=c2c(O)cc(-c3ccc(O)c4c(CCN(C)C)c[nH]c34)cc2=NC1=O. The highest BCUT2D eigenvalue weighted by molar-refractivity contribution is 6.15. The van der Waals surface area contributed by atoms with Crippen molar-refractivity contribution in [2.75, 3.05) is 34.2 Å². The maximum Gasteiger partial charge on any atom is 0.274 e. The van der Waals surface area contributed by atoms with Crippen LogP contribution in [0.1, 0.15) is 12.0 Å². The second kappa shape index (κ2) is 7.93. The standard InChI is InChI=1S/C23H26N4O3/c1-24-8-6-16-21-17(26-23(16)30)10-14(11-19(21)29)15-4-5-18(28)20-13(7-9-27(2)3)12-25-22(15)20/h4-5,10-12,24-25,28-29H,6-9H2,1-3H3. The Hall–Kier alpha value is -3.16. The topological polar surface area (TPSA) is 101 Å². The Morgan fingerprint density at radius 2 is 1.93 bits per heavy atom. The summed E-state index contributed by atoms with van der Waals surface area (Å²) in [4.78, 5) is 21.9.